The van der Waals surface area contributed by atoms with E-state index in [1.165, 1.54) is 0 Å². The fourth-order valence-corrected chi connectivity index (χ4v) is 2.25. The SMILES string of the molecule is COc1ccc(C(=O)CCN2CCOCC2)c(OC)c1. The van der Waals surface area contributed by atoms with Crippen molar-refractivity contribution in [2.45, 2.75) is 6.42 Å². The average molecular weight is 279 g/mol. The van der Waals surface area contributed by atoms with Crippen molar-refractivity contribution < 1.29 is 19.0 Å². The van der Waals surface area contributed by atoms with Gasteiger partial charge in [0.1, 0.15) is 11.5 Å². The number of methoxy groups -OCH3 is 2. The molecular weight excluding hydrogens is 258 g/mol. The summed E-state index contributed by atoms with van der Waals surface area (Å²) in [6, 6.07) is 5.28. The molecule has 0 unspecified atom stereocenters. The number of hydrogen-bond donors (Lipinski definition) is 0. The van der Waals surface area contributed by atoms with Crippen molar-refractivity contribution in [1.82, 2.24) is 4.90 Å². The van der Waals surface area contributed by atoms with Crippen molar-refractivity contribution >= 4 is 5.78 Å². The van der Waals surface area contributed by atoms with Crippen LogP contribution >= 0.6 is 0 Å². The predicted molar refractivity (Wildman–Crippen MR) is 75.8 cm³/mol. The monoisotopic (exact) mass is 279 g/mol. The molecule has 0 aromatic heterocycles. The molecular formula is C15H21NO4. The highest BCUT2D eigenvalue weighted by Crippen LogP contribution is 2.25. The van der Waals surface area contributed by atoms with Crippen molar-refractivity contribution in [2.24, 2.45) is 0 Å². The van der Waals surface area contributed by atoms with E-state index in [0.29, 0.717) is 23.5 Å². The first kappa shape index (κ1) is 14.8. The number of carbonyl (C=O) groups excluding carboxylic acids is 1. The van der Waals surface area contributed by atoms with Gasteiger partial charge in [-0.1, -0.05) is 0 Å². The minimum Gasteiger partial charge on any atom is -0.497 e. The fourth-order valence-electron chi connectivity index (χ4n) is 2.25. The second-order valence-electron chi connectivity index (χ2n) is 4.69. The molecule has 0 N–H and O–H groups in total. The summed E-state index contributed by atoms with van der Waals surface area (Å²) in [5, 5.41) is 0. The topological polar surface area (TPSA) is 48.0 Å². The summed E-state index contributed by atoms with van der Waals surface area (Å²) < 4.78 is 15.7. The Morgan fingerprint density at radius 1 is 1.25 bits per heavy atom. The molecule has 0 amide bonds. The number of ketones is 1. The average Bonchev–Trinajstić information content (AvgIpc) is 2.52. The molecule has 110 valence electrons. The Kier molecular flexibility index (Phi) is 5.38. The van der Waals surface area contributed by atoms with E-state index >= 15 is 0 Å². The van der Waals surface area contributed by atoms with E-state index in [9.17, 15) is 4.79 Å². The molecule has 0 radical (unpaired) electrons. The molecule has 2 rings (SSSR count). The van der Waals surface area contributed by atoms with Crippen molar-refractivity contribution in [3.63, 3.8) is 0 Å². The zero-order chi connectivity index (χ0) is 14.4. The summed E-state index contributed by atoms with van der Waals surface area (Å²) in [5.74, 6) is 1.35. The number of hydrogen-bond acceptors (Lipinski definition) is 5. The fraction of sp³-hybridized carbons (Fsp3) is 0.533. The van der Waals surface area contributed by atoms with Gasteiger partial charge in [0.25, 0.3) is 0 Å². The summed E-state index contributed by atoms with van der Waals surface area (Å²) in [5.41, 5.74) is 0.613. The van der Waals surface area contributed by atoms with Gasteiger partial charge in [0, 0.05) is 32.1 Å². The van der Waals surface area contributed by atoms with Crippen LogP contribution in [0.5, 0.6) is 11.5 Å². The van der Waals surface area contributed by atoms with Crippen LogP contribution < -0.4 is 9.47 Å². The maximum atomic E-state index is 12.3. The van der Waals surface area contributed by atoms with Crippen LogP contribution in [-0.4, -0.2) is 57.8 Å². The molecule has 20 heavy (non-hydrogen) atoms. The maximum absolute atomic E-state index is 12.3. The van der Waals surface area contributed by atoms with Gasteiger partial charge in [0.15, 0.2) is 5.78 Å². The smallest absolute Gasteiger partial charge is 0.167 e. The summed E-state index contributed by atoms with van der Waals surface area (Å²) in [6.45, 7) is 4.05. The van der Waals surface area contributed by atoms with E-state index in [-0.39, 0.29) is 5.78 Å². The quantitative estimate of drug-likeness (QED) is 0.740. The minimum absolute atomic E-state index is 0.0935. The highest BCUT2D eigenvalue weighted by Gasteiger charge is 2.16. The third kappa shape index (κ3) is 3.71. The van der Waals surface area contributed by atoms with E-state index < -0.39 is 0 Å². The van der Waals surface area contributed by atoms with Gasteiger partial charge >= 0.3 is 0 Å². The molecule has 1 aliphatic heterocycles. The van der Waals surface area contributed by atoms with Crippen LogP contribution in [0, 0.1) is 0 Å². The van der Waals surface area contributed by atoms with Crippen LogP contribution in [0.4, 0.5) is 0 Å². The first-order valence-corrected chi connectivity index (χ1v) is 6.80. The molecule has 1 saturated heterocycles. The summed E-state index contributed by atoms with van der Waals surface area (Å²) in [7, 11) is 3.15. The minimum atomic E-state index is 0.0935. The van der Waals surface area contributed by atoms with E-state index in [1.807, 2.05) is 0 Å². The van der Waals surface area contributed by atoms with Crippen LogP contribution in [0.1, 0.15) is 16.8 Å². The maximum Gasteiger partial charge on any atom is 0.167 e. The Hall–Kier alpha value is -1.59. The molecule has 1 aromatic carbocycles. The number of ether oxygens (including phenoxy) is 3. The third-order valence-electron chi connectivity index (χ3n) is 3.47. The van der Waals surface area contributed by atoms with Gasteiger partial charge in [-0.05, 0) is 12.1 Å². The Bertz CT molecular complexity index is 455. The lowest BCUT2D eigenvalue weighted by Crippen LogP contribution is -2.37. The van der Waals surface area contributed by atoms with Gasteiger partial charge in [0.2, 0.25) is 0 Å². The van der Waals surface area contributed by atoms with E-state index in [1.54, 1.807) is 32.4 Å². The normalized spacial score (nSPS) is 15.9. The van der Waals surface area contributed by atoms with Crippen LogP contribution in [0.25, 0.3) is 0 Å². The van der Waals surface area contributed by atoms with Crippen LogP contribution in [-0.2, 0) is 4.74 Å². The number of benzene rings is 1. The lowest BCUT2D eigenvalue weighted by Gasteiger charge is -2.26. The molecule has 5 nitrogen and oxygen atoms in total. The first-order valence-electron chi connectivity index (χ1n) is 6.80. The highest BCUT2D eigenvalue weighted by molar-refractivity contribution is 5.99. The van der Waals surface area contributed by atoms with Gasteiger partial charge in [-0.2, -0.15) is 0 Å². The Morgan fingerprint density at radius 2 is 2.00 bits per heavy atom. The van der Waals surface area contributed by atoms with Crippen LogP contribution in [0.2, 0.25) is 0 Å². The summed E-state index contributed by atoms with van der Waals surface area (Å²) in [6.07, 6.45) is 0.489. The molecule has 5 heteroatoms. The van der Waals surface area contributed by atoms with Gasteiger partial charge in [-0.3, -0.25) is 9.69 Å². The number of nitrogens with zero attached hydrogens (tertiary/aromatic N) is 1. The Labute approximate surface area is 119 Å². The van der Waals surface area contributed by atoms with E-state index in [4.69, 9.17) is 14.2 Å². The molecule has 1 aliphatic rings. The van der Waals surface area contributed by atoms with Gasteiger partial charge in [-0.15, -0.1) is 0 Å². The second kappa shape index (κ2) is 7.26. The Morgan fingerprint density at radius 3 is 2.65 bits per heavy atom. The first-order chi connectivity index (χ1) is 9.74. The molecule has 0 spiro atoms. The van der Waals surface area contributed by atoms with Crippen molar-refractivity contribution in [1.29, 1.82) is 0 Å². The zero-order valence-electron chi connectivity index (χ0n) is 12.1. The molecule has 0 aliphatic carbocycles. The molecule has 1 fully saturated rings. The van der Waals surface area contributed by atoms with E-state index in [0.717, 1.165) is 32.8 Å². The molecule has 0 saturated carbocycles. The van der Waals surface area contributed by atoms with Crippen molar-refractivity contribution in [2.75, 3.05) is 47.1 Å². The van der Waals surface area contributed by atoms with E-state index in [2.05, 4.69) is 4.90 Å². The third-order valence-corrected chi connectivity index (χ3v) is 3.47. The van der Waals surface area contributed by atoms with Gasteiger partial charge in [-0.25, -0.2) is 0 Å². The van der Waals surface area contributed by atoms with Gasteiger partial charge in [0.05, 0.1) is 33.0 Å². The standard InChI is InChI=1S/C15H21NO4/c1-18-12-3-4-13(15(11-12)19-2)14(17)5-6-16-7-9-20-10-8-16/h3-4,11H,5-10H2,1-2H3. The van der Waals surface area contributed by atoms with Gasteiger partial charge < -0.3 is 14.2 Å². The lowest BCUT2D eigenvalue weighted by molar-refractivity contribution is 0.0370. The number of morpholine rings is 1. The summed E-state index contributed by atoms with van der Waals surface area (Å²) in [4.78, 5) is 14.5. The number of rotatable bonds is 6. The second-order valence-corrected chi connectivity index (χ2v) is 4.69. The number of Topliss-reactive ketones (excluding diaryl/α,β-unsaturated/α-hetero) is 1. The van der Waals surface area contributed by atoms with Crippen molar-refractivity contribution in [3.05, 3.63) is 23.8 Å². The van der Waals surface area contributed by atoms with Crippen molar-refractivity contribution in [3.8, 4) is 11.5 Å². The molecule has 0 bridgehead atoms. The predicted octanol–water partition coefficient (Wildman–Crippen LogP) is 1.61. The summed E-state index contributed by atoms with van der Waals surface area (Å²) >= 11 is 0. The molecule has 1 heterocycles. The Balaban J connectivity index is 1.97. The van der Waals surface area contributed by atoms with Crippen LogP contribution in [0.15, 0.2) is 18.2 Å². The lowest BCUT2D eigenvalue weighted by atomic mass is 10.1. The zero-order valence-corrected chi connectivity index (χ0v) is 12.1. The molecule has 0 atom stereocenters. The largest absolute Gasteiger partial charge is 0.497 e. The van der Waals surface area contributed by atoms with Crippen LogP contribution in [0.3, 0.4) is 0 Å². The number of carbonyl (C=O) groups is 1. The molecule has 1 aromatic rings. The highest BCUT2D eigenvalue weighted by atomic mass is 16.5.